The Balaban J connectivity index is 1.69. The molecule has 130 valence electrons. The molecule has 4 rings (SSSR count). The normalized spacial score (nSPS) is 20.8. The van der Waals surface area contributed by atoms with Gasteiger partial charge in [-0.3, -0.25) is 4.99 Å². The Bertz CT molecular complexity index is 773. The number of hydrogen-bond donors (Lipinski definition) is 1. The van der Waals surface area contributed by atoms with E-state index in [0.29, 0.717) is 6.54 Å². The largest absolute Gasteiger partial charge is 0.343 e. The van der Waals surface area contributed by atoms with Crippen LogP contribution in [-0.4, -0.2) is 5.84 Å². The van der Waals surface area contributed by atoms with Crippen molar-refractivity contribution in [3.63, 3.8) is 0 Å². The lowest BCUT2D eigenvalue weighted by Gasteiger charge is -2.39. The average molecular weight is 353 g/mol. The number of para-hydroxylation sites is 1. The molecule has 2 aromatic rings. The van der Waals surface area contributed by atoms with Gasteiger partial charge in [0.15, 0.2) is 0 Å². The molecular formula is C22H25ClN2. The third kappa shape index (κ3) is 3.46. The van der Waals surface area contributed by atoms with Gasteiger partial charge in [0.1, 0.15) is 5.84 Å². The Labute approximate surface area is 155 Å². The molecule has 0 saturated heterocycles. The number of anilines is 1. The number of aliphatic imine (C=N–C) groups is 1. The van der Waals surface area contributed by atoms with Gasteiger partial charge in [0.2, 0.25) is 0 Å². The van der Waals surface area contributed by atoms with E-state index >= 15 is 0 Å². The van der Waals surface area contributed by atoms with Gasteiger partial charge in [-0.25, -0.2) is 0 Å². The van der Waals surface area contributed by atoms with Gasteiger partial charge in [0, 0.05) is 16.1 Å². The third-order valence-electron chi connectivity index (χ3n) is 5.73. The van der Waals surface area contributed by atoms with Gasteiger partial charge in [-0.15, -0.1) is 0 Å². The Hall–Kier alpha value is -1.80. The molecule has 2 aliphatic rings. The van der Waals surface area contributed by atoms with Crippen LogP contribution in [0.25, 0.3) is 0 Å². The number of hydrogen-bond acceptors (Lipinski definition) is 1. The first-order valence-corrected chi connectivity index (χ1v) is 9.78. The second-order valence-corrected chi connectivity index (χ2v) is 7.82. The highest BCUT2D eigenvalue weighted by molar-refractivity contribution is 6.31. The van der Waals surface area contributed by atoms with E-state index < -0.39 is 0 Å². The van der Waals surface area contributed by atoms with Crippen molar-refractivity contribution in [2.75, 3.05) is 5.32 Å². The third-order valence-corrected chi connectivity index (χ3v) is 6.10. The Morgan fingerprint density at radius 1 is 0.920 bits per heavy atom. The van der Waals surface area contributed by atoms with Crippen molar-refractivity contribution in [2.24, 2.45) is 10.4 Å². The maximum absolute atomic E-state index is 6.34. The van der Waals surface area contributed by atoms with E-state index in [2.05, 4.69) is 35.6 Å². The minimum absolute atomic E-state index is 0.173. The van der Waals surface area contributed by atoms with Crippen molar-refractivity contribution >= 4 is 23.1 Å². The molecule has 1 saturated carbocycles. The monoisotopic (exact) mass is 352 g/mol. The molecule has 0 radical (unpaired) electrons. The summed E-state index contributed by atoms with van der Waals surface area (Å²) in [6.45, 7) is 0.645. The van der Waals surface area contributed by atoms with E-state index in [0.717, 1.165) is 17.0 Å². The van der Waals surface area contributed by atoms with Crippen LogP contribution in [0.4, 0.5) is 5.69 Å². The van der Waals surface area contributed by atoms with Crippen LogP contribution >= 0.6 is 11.6 Å². The Morgan fingerprint density at radius 2 is 1.64 bits per heavy atom. The molecule has 1 aliphatic heterocycles. The summed E-state index contributed by atoms with van der Waals surface area (Å²) < 4.78 is 0. The Morgan fingerprint density at radius 3 is 2.44 bits per heavy atom. The highest BCUT2D eigenvalue weighted by Crippen LogP contribution is 2.44. The fourth-order valence-corrected chi connectivity index (χ4v) is 4.52. The van der Waals surface area contributed by atoms with Crippen molar-refractivity contribution in [3.8, 4) is 0 Å². The van der Waals surface area contributed by atoms with Gasteiger partial charge in [-0.05, 0) is 42.5 Å². The summed E-state index contributed by atoms with van der Waals surface area (Å²) in [5.41, 5.74) is 3.92. The maximum atomic E-state index is 6.34. The molecule has 25 heavy (non-hydrogen) atoms. The van der Waals surface area contributed by atoms with Crippen LogP contribution in [0.2, 0.25) is 5.02 Å². The van der Waals surface area contributed by atoms with Crippen molar-refractivity contribution in [3.05, 3.63) is 64.7 Å². The first-order chi connectivity index (χ1) is 12.3. The molecule has 3 heteroatoms. The molecule has 0 amide bonds. The molecule has 2 nitrogen and oxygen atoms in total. The van der Waals surface area contributed by atoms with Crippen LogP contribution in [0.15, 0.2) is 53.5 Å². The molecule has 0 aromatic heterocycles. The molecule has 0 bridgehead atoms. The van der Waals surface area contributed by atoms with E-state index in [1.54, 1.807) is 0 Å². The highest BCUT2D eigenvalue weighted by atomic mass is 35.5. The van der Waals surface area contributed by atoms with Gasteiger partial charge in [-0.2, -0.15) is 0 Å². The predicted octanol–water partition coefficient (Wildman–Crippen LogP) is 6.25. The zero-order chi connectivity index (χ0) is 17.1. The standard InChI is InChI=1S/C22H25ClN2/c23-19-11-5-3-10-18(19)16-24-21-22(13-7-1-2-8-14-22)15-17-9-4-6-12-20(17)25-21/h3-6,9-12H,1-2,7-8,13-16H2,(H,24,25). The highest BCUT2D eigenvalue weighted by Gasteiger charge is 2.40. The maximum Gasteiger partial charge on any atom is 0.108 e. The van der Waals surface area contributed by atoms with E-state index in [9.17, 15) is 0 Å². The summed E-state index contributed by atoms with van der Waals surface area (Å²) in [6, 6.07) is 16.7. The number of amidine groups is 1. The molecular weight excluding hydrogens is 328 g/mol. The predicted molar refractivity (Wildman–Crippen MR) is 106 cm³/mol. The SMILES string of the molecule is Clc1ccccc1CN=C1Nc2ccccc2CC12CCCCCC2. The van der Waals surface area contributed by atoms with Gasteiger partial charge >= 0.3 is 0 Å². The number of nitrogens with one attached hydrogen (secondary N) is 1. The van der Waals surface area contributed by atoms with Gasteiger partial charge in [0.05, 0.1) is 6.54 Å². The number of rotatable bonds is 2. The Kier molecular flexibility index (Phi) is 4.80. The van der Waals surface area contributed by atoms with Gasteiger partial charge < -0.3 is 5.32 Å². The summed E-state index contributed by atoms with van der Waals surface area (Å²) in [5.74, 6) is 1.17. The second-order valence-electron chi connectivity index (χ2n) is 7.41. The van der Waals surface area contributed by atoms with Crippen molar-refractivity contribution in [2.45, 2.75) is 51.5 Å². The van der Waals surface area contributed by atoms with Gasteiger partial charge in [0.25, 0.3) is 0 Å². The topological polar surface area (TPSA) is 24.4 Å². The lowest BCUT2D eigenvalue weighted by molar-refractivity contribution is 0.354. The van der Waals surface area contributed by atoms with E-state index in [1.165, 1.54) is 55.6 Å². The minimum Gasteiger partial charge on any atom is -0.343 e. The zero-order valence-corrected chi connectivity index (χ0v) is 15.4. The molecule has 0 atom stereocenters. The zero-order valence-electron chi connectivity index (χ0n) is 14.6. The molecule has 2 aromatic carbocycles. The van der Waals surface area contributed by atoms with Crippen LogP contribution in [-0.2, 0) is 13.0 Å². The first-order valence-electron chi connectivity index (χ1n) is 9.40. The van der Waals surface area contributed by atoms with E-state index in [-0.39, 0.29) is 5.41 Å². The molecule has 1 fully saturated rings. The lowest BCUT2D eigenvalue weighted by Crippen LogP contribution is -2.42. The molecule has 1 spiro atoms. The summed E-state index contributed by atoms with van der Waals surface area (Å²) >= 11 is 6.34. The van der Waals surface area contributed by atoms with Crippen molar-refractivity contribution in [1.29, 1.82) is 0 Å². The van der Waals surface area contributed by atoms with Crippen molar-refractivity contribution < 1.29 is 0 Å². The van der Waals surface area contributed by atoms with Crippen LogP contribution < -0.4 is 5.32 Å². The van der Waals surface area contributed by atoms with Crippen LogP contribution in [0.5, 0.6) is 0 Å². The first kappa shape index (κ1) is 16.7. The average Bonchev–Trinajstić information content (AvgIpc) is 2.87. The van der Waals surface area contributed by atoms with Crippen LogP contribution in [0.3, 0.4) is 0 Å². The van der Waals surface area contributed by atoms with Crippen LogP contribution in [0.1, 0.15) is 49.7 Å². The summed E-state index contributed by atoms with van der Waals surface area (Å²) in [4.78, 5) is 5.05. The van der Waals surface area contributed by atoms with E-state index in [4.69, 9.17) is 16.6 Å². The number of fused-ring (bicyclic) bond motifs is 1. The second kappa shape index (κ2) is 7.21. The summed E-state index contributed by atoms with van der Waals surface area (Å²) in [6.07, 6.45) is 8.87. The molecule has 1 N–H and O–H groups in total. The quantitative estimate of drug-likeness (QED) is 0.678. The molecule has 1 heterocycles. The summed E-state index contributed by atoms with van der Waals surface area (Å²) in [5, 5.41) is 4.49. The number of halogens is 1. The van der Waals surface area contributed by atoms with Crippen LogP contribution in [0, 0.1) is 5.41 Å². The lowest BCUT2D eigenvalue weighted by atomic mass is 9.72. The fourth-order valence-electron chi connectivity index (χ4n) is 4.32. The van der Waals surface area contributed by atoms with Crippen molar-refractivity contribution in [1.82, 2.24) is 0 Å². The van der Waals surface area contributed by atoms with E-state index in [1.807, 2.05) is 18.2 Å². The minimum atomic E-state index is 0.173. The number of nitrogens with zero attached hydrogens (tertiary/aromatic N) is 1. The van der Waals surface area contributed by atoms with Gasteiger partial charge in [-0.1, -0.05) is 73.7 Å². The summed E-state index contributed by atoms with van der Waals surface area (Å²) in [7, 11) is 0. The molecule has 1 aliphatic carbocycles. The fraction of sp³-hybridized carbons (Fsp3) is 0.409. The smallest absolute Gasteiger partial charge is 0.108 e. The number of benzene rings is 2. The molecule has 0 unspecified atom stereocenters.